The summed E-state index contributed by atoms with van der Waals surface area (Å²) < 4.78 is 10.3. The third kappa shape index (κ3) is 3.48. The molecule has 0 bridgehead atoms. The molecule has 0 aliphatic rings. The van der Waals surface area contributed by atoms with Crippen molar-refractivity contribution in [3.05, 3.63) is 63.7 Å². The molecule has 0 aliphatic heterocycles. The van der Waals surface area contributed by atoms with Gasteiger partial charge < -0.3 is 9.47 Å². The van der Waals surface area contributed by atoms with Gasteiger partial charge in [-0.2, -0.15) is 0 Å². The molecule has 0 aromatic heterocycles. The van der Waals surface area contributed by atoms with Crippen molar-refractivity contribution in [3.8, 4) is 5.75 Å². The van der Waals surface area contributed by atoms with E-state index in [9.17, 15) is 9.59 Å². The fourth-order valence-electron chi connectivity index (χ4n) is 2.60. The maximum absolute atomic E-state index is 12.5. The van der Waals surface area contributed by atoms with Crippen LogP contribution in [-0.4, -0.2) is 25.5 Å². The van der Waals surface area contributed by atoms with Crippen LogP contribution in [0, 0.1) is 27.7 Å². The van der Waals surface area contributed by atoms with Crippen LogP contribution in [0.5, 0.6) is 5.75 Å². The smallest absolute Gasteiger partial charge is 0.342 e. The van der Waals surface area contributed by atoms with E-state index in [2.05, 4.69) is 0 Å². The highest BCUT2D eigenvalue weighted by atomic mass is 16.5. The lowest BCUT2D eigenvalue weighted by molar-refractivity contribution is 0.0471. The first kappa shape index (κ1) is 17.7. The maximum Gasteiger partial charge on any atom is 0.342 e. The molecule has 0 fully saturated rings. The second-order valence-corrected chi connectivity index (χ2v) is 5.82. The Bertz CT molecular complexity index is 790. The number of para-hydroxylation sites is 1. The van der Waals surface area contributed by atoms with Crippen molar-refractivity contribution < 1.29 is 19.1 Å². The fourth-order valence-corrected chi connectivity index (χ4v) is 2.60. The molecule has 2 rings (SSSR count). The van der Waals surface area contributed by atoms with Gasteiger partial charge >= 0.3 is 5.97 Å². The van der Waals surface area contributed by atoms with Crippen molar-refractivity contribution in [2.24, 2.45) is 0 Å². The third-order valence-electron chi connectivity index (χ3n) is 4.44. The summed E-state index contributed by atoms with van der Waals surface area (Å²) in [7, 11) is 1.48. The lowest BCUT2D eigenvalue weighted by Crippen LogP contribution is -2.16. The molecule has 0 saturated carbocycles. The highest BCUT2D eigenvalue weighted by molar-refractivity contribution is 6.01. The largest absolute Gasteiger partial charge is 0.496 e. The Labute approximate surface area is 142 Å². The highest BCUT2D eigenvalue weighted by Gasteiger charge is 2.18. The molecular weight excluding hydrogens is 304 g/mol. The number of aryl methyl sites for hydroxylation is 1. The number of rotatable bonds is 5. The van der Waals surface area contributed by atoms with E-state index >= 15 is 0 Å². The molecule has 4 heteroatoms. The van der Waals surface area contributed by atoms with Crippen molar-refractivity contribution in [3.63, 3.8) is 0 Å². The molecule has 4 nitrogen and oxygen atoms in total. The molecule has 0 unspecified atom stereocenters. The Kier molecular flexibility index (Phi) is 5.39. The van der Waals surface area contributed by atoms with E-state index < -0.39 is 5.97 Å². The SMILES string of the molecule is COc1ccccc1C(=O)OCC(=O)c1cc(C)c(C)c(C)c1C. The number of methoxy groups -OCH3 is 1. The van der Waals surface area contributed by atoms with E-state index in [0.29, 0.717) is 16.9 Å². The zero-order chi connectivity index (χ0) is 17.9. The number of hydrogen-bond acceptors (Lipinski definition) is 4. The lowest BCUT2D eigenvalue weighted by atomic mass is 9.93. The molecule has 0 aliphatic carbocycles. The Morgan fingerprint density at radius 2 is 1.58 bits per heavy atom. The monoisotopic (exact) mass is 326 g/mol. The number of Topliss-reactive ketones (excluding diaryl/α,β-unsaturated/α-hetero) is 1. The third-order valence-corrected chi connectivity index (χ3v) is 4.44. The Morgan fingerprint density at radius 3 is 2.25 bits per heavy atom. The number of ether oxygens (including phenoxy) is 2. The van der Waals surface area contributed by atoms with E-state index in [1.807, 2.05) is 33.8 Å². The van der Waals surface area contributed by atoms with Gasteiger partial charge in [-0.25, -0.2) is 4.79 Å². The minimum absolute atomic E-state index is 0.207. The van der Waals surface area contributed by atoms with Crippen LogP contribution >= 0.6 is 0 Å². The predicted molar refractivity (Wildman–Crippen MR) is 93.0 cm³/mol. The van der Waals surface area contributed by atoms with Crippen molar-refractivity contribution in [1.82, 2.24) is 0 Å². The van der Waals surface area contributed by atoms with E-state index in [4.69, 9.17) is 9.47 Å². The van der Waals surface area contributed by atoms with Gasteiger partial charge in [-0.1, -0.05) is 12.1 Å². The number of ketones is 1. The minimum atomic E-state index is -0.570. The van der Waals surface area contributed by atoms with E-state index in [1.165, 1.54) is 12.7 Å². The minimum Gasteiger partial charge on any atom is -0.496 e. The average Bonchev–Trinajstić information content (AvgIpc) is 2.60. The van der Waals surface area contributed by atoms with Crippen LogP contribution in [-0.2, 0) is 4.74 Å². The van der Waals surface area contributed by atoms with Gasteiger partial charge in [0.05, 0.1) is 7.11 Å². The molecular formula is C20H22O4. The first-order valence-corrected chi connectivity index (χ1v) is 7.77. The van der Waals surface area contributed by atoms with Gasteiger partial charge in [0.15, 0.2) is 6.61 Å². The van der Waals surface area contributed by atoms with Crippen LogP contribution in [0.25, 0.3) is 0 Å². The zero-order valence-corrected chi connectivity index (χ0v) is 14.7. The first-order valence-electron chi connectivity index (χ1n) is 7.77. The summed E-state index contributed by atoms with van der Waals surface area (Å²) in [6, 6.07) is 8.63. The number of carbonyl (C=O) groups excluding carboxylic acids is 2. The molecule has 126 valence electrons. The second kappa shape index (κ2) is 7.30. The summed E-state index contributed by atoms with van der Waals surface area (Å²) in [5.74, 6) is -0.353. The molecule has 2 aromatic carbocycles. The lowest BCUT2D eigenvalue weighted by Gasteiger charge is -2.14. The summed E-state index contributed by atoms with van der Waals surface area (Å²) in [6.45, 7) is 7.62. The molecule has 0 atom stereocenters. The maximum atomic E-state index is 12.5. The van der Waals surface area contributed by atoms with Crippen molar-refractivity contribution in [1.29, 1.82) is 0 Å². The molecule has 0 spiro atoms. The van der Waals surface area contributed by atoms with Crippen LogP contribution in [0.4, 0.5) is 0 Å². The molecule has 2 aromatic rings. The van der Waals surface area contributed by atoms with Crippen LogP contribution in [0.15, 0.2) is 30.3 Å². The molecule has 0 N–H and O–H groups in total. The van der Waals surface area contributed by atoms with Crippen molar-refractivity contribution >= 4 is 11.8 Å². The molecule has 0 amide bonds. The van der Waals surface area contributed by atoms with Gasteiger partial charge in [-0.15, -0.1) is 0 Å². The predicted octanol–water partition coefficient (Wildman–Crippen LogP) is 3.97. The molecule has 0 radical (unpaired) electrons. The standard InChI is InChI=1S/C20H22O4/c1-12-10-17(15(4)14(3)13(12)2)18(21)11-24-20(22)16-8-6-7-9-19(16)23-5/h6-10H,11H2,1-5H3. The number of carbonyl (C=O) groups is 2. The number of benzene rings is 2. The zero-order valence-electron chi connectivity index (χ0n) is 14.7. The van der Waals surface area contributed by atoms with Gasteiger partial charge in [0.25, 0.3) is 0 Å². The second-order valence-electron chi connectivity index (χ2n) is 5.82. The van der Waals surface area contributed by atoms with Gasteiger partial charge in [0.1, 0.15) is 11.3 Å². The summed E-state index contributed by atoms with van der Waals surface area (Å²) >= 11 is 0. The molecule has 24 heavy (non-hydrogen) atoms. The Hall–Kier alpha value is -2.62. The average molecular weight is 326 g/mol. The van der Waals surface area contributed by atoms with E-state index in [1.54, 1.807) is 24.3 Å². The summed E-state index contributed by atoms with van der Waals surface area (Å²) in [5, 5.41) is 0. The fraction of sp³-hybridized carbons (Fsp3) is 0.300. The Balaban J connectivity index is 2.15. The van der Waals surface area contributed by atoms with Crippen LogP contribution < -0.4 is 4.74 Å². The van der Waals surface area contributed by atoms with Gasteiger partial charge in [-0.3, -0.25) is 4.79 Å². The normalized spacial score (nSPS) is 10.4. The van der Waals surface area contributed by atoms with Crippen LogP contribution in [0.2, 0.25) is 0 Å². The van der Waals surface area contributed by atoms with Gasteiger partial charge in [0, 0.05) is 5.56 Å². The van der Waals surface area contributed by atoms with E-state index in [-0.39, 0.29) is 12.4 Å². The van der Waals surface area contributed by atoms with Gasteiger partial charge in [0.2, 0.25) is 5.78 Å². The number of hydrogen-bond donors (Lipinski definition) is 0. The molecule has 0 saturated heterocycles. The summed E-state index contributed by atoms with van der Waals surface area (Å²) in [5.41, 5.74) is 5.16. The van der Waals surface area contributed by atoms with E-state index in [0.717, 1.165) is 16.7 Å². The quantitative estimate of drug-likeness (QED) is 0.616. The van der Waals surface area contributed by atoms with Crippen molar-refractivity contribution in [2.75, 3.05) is 13.7 Å². The first-order chi connectivity index (χ1) is 11.4. The highest BCUT2D eigenvalue weighted by Crippen LogP contribution is 2.22. The topological polar surface area (TPSA) is 52.6 Å². The Morgan fingerprint density at radius 1 is 0.917 bits per heavy atom. The van der Waals surface area contributed by atoms with Crippen LogP contribution in [0.1, 0.15) is 43.0 Å². The summed E-state index contributed by atoms with van der Waals surface area (Å²) in [4.78, 5) is 24.6. The van der Waals surface area contributed by atoms with Gasteiger partial charge in [-0.05, 0) is 68.1 Å². The molecule has 0 heterocycles. The summed E-state index contributed by atoms with van der Waals surface area (Å²) in [6.07, 6.45) is 0. The number of esters is 1. The van der Waals surface area contributed by atoms with Crippen molar-refractivity contribution in [2.45, 2.75) is 27.7 Å². The van der Waals surface area contributed by atoms with Crippen LogP contribution in [0.3, 0.4) is 0 Å².